The third-order valence-corrected chi connectivity index (χ3v) is 8.09. The maximum absolute atomic E-state index is 15.1. The molecule has 0 aromatic heterocycles. The summed E-state index contributed by atoms with van der Waals surface area (Å²) in [5, 5.41) is 7.45. The molecule has 3 N–H and O–H groups in total. The van der Waals surface area contributed by atoms with Crippen LogP contribution in [0.3, 0.4) is 0 Å². The molecule has 1 saturated carbocycles. The molecule has 1 aliphatic rings. The van der Waals surface area contributed by atoms with Crippen LogP contribution >= 0.6 is 58.0 Å². The fourth-order valence-electron chi connectivity index (χ4n) is 4.13. The normalized spacial score (nSPS) is 17.3. The molecule has 0 spiro atoms. The second-order valence-corrected chi connectivity index (χ2v) is 13.0. The number of halogens is 7. The highest BCUT2D eigenvalue weighted by molar-refractivity contribution is 6.53. The highest BCUT2D eigenvalue weighted by atomic mass is 35.5. The van der Waals surface area contributed by atoms with Gasteiger partial charge in [-0.3, -0.25) is 14.9 Å². The van der Waals surface area contributed by atoms with Crippen molar-refractivity contribution in [3.8, 4) is 0 Å². The zero-order chi connectivity index (χ0) is 31.1. The third-order valence-electron chi connectivity index (χ3n) is 6.08. The number of benzene rings is 3. The van der Waals surface area contributed by atoms with Crippen molar-refractivity contribution in [3.63, 3.8) is 0 Å². The number of rotatable bonds is 6. The van der Waals surface area contributed by atoms with E-state index in [0.29, 0.717) is 10.6 Å². The number of nitrogens with one attached hydrogen (secondary N) is 3. The van der Waals surface area contributed by atoms with Crippen LogP contribution < -0.4 is 16.0 Å². The highest BCUT2D eigenvalue weighted by Gasteiger charge is 2.67. The summed E-state index contributed by atoms with van der Waals surface area (Å²) in [6.07, 6.45) is -0.980. The lowest BCUT2D eigenvalue weighted by Gasteiger charge is -2.20. The Kier molecular flexibility index (Phi) is 9.21. The zero-order valence-corrected chi connectivity index (χ0v) is 25.8. The summed E-state index contributed by atoms with van der Waals surface area (Å²) in [6.45, 7) is 4.83. The van der Waals surface area contributed by atoms with E-state index in [9.17, 15) is 18.8 Å². The molecule has 4 rings (SSSR count). The first kappa shape index (κ1) is 32.1. The van der Waals surface area contributed by atoms with Gasteiger partial charge >= 0.3 is 6.09 Å². The molecule has 3 aromatic rings. The van der Waals surface area contributed by atoms with E-state index in [1.54, 1.807) is 39.0 Å². The van der Waals surface area contributed by atoms with Gasteiger partial charge in [0, 0.05) is 11.6 Å². The number of ether oxygens (including phenoxy) is 1. The lowest BCUT2D eigenvalue weighted by molar-refractivity contribution is -0.117. The SMILES string of the molecule is CC(C)(C)OC(=O)Nc1ccc(F)c(NC(=O)c2cc(NC(=O)C3[C@H](c4ccc(Cl)c(Cl)c4)C3(Cl)Cl)ccc2Cl)c1F. The first-order valence-corrected chi connectivity index (χ1v) is 14.1. The topological polar surface area (TPSA) is 96.5 Å². The summed E-state index contributed by atoms with van der Waals surface area (Å²) in [7, 11) is 0. The van der Waals surface area contributed by atoms with Crippen molar-refractivity contribution in [2.45, 2.75) is 36.6 Å². The van der Waals surface area contributed by atoms with Crippen molar-refractivity contribution in [3.05, 3.63) is 86.4 Å². The molecule has 14 heteroatoms. The van der Waals surface area contributed by atoms with E-state index in [1.165, 1.54) is 18.2 Å². The van der Waals surface area contributed by atoms with Crippen molar-refractivity contribution in [2.24, 2.45) is 5.92 Å². The van der Waals surface area contributed by atoms with Gasteiger partial charge in [-0.1, -0.05) is 40.9 Å². The van der Waals surface area contributed by atoms with Crippen LogP contribution in [0.15, 0.2) is 48.5 Å². The van der Waals surface area contributed by atoms with E-state index < -0.39 is 62.7 Å². The van der Waals surface area contributed by atoms with Gasteiger partial charge in [-0.05, 0) is 68.8 Å². The molecular formula is C28H22Cl5F2N3O4. The van der Waals surface area contributed by atoms with Gasteiger partial charge in [-0.15, -0.1) is 23.2 Å². The molecule has 3 amide bonds. The van der Waals surface area contributed by atoms with Crippen molar-refractivity contribution in [1.29, 1.82) is 0 Å². The van der Waals surface area contributed by atoms with E-state index in [0.717, 1.165) is 12.1 Å². The maximum Gasteiger partial charge on any atom is 0.412 e. The van der Waals surface area contributed by atoms with E-state index >= 15 is 4.39 Å². The Morgan fingerprint density at radius 1 is 0.857 bits per heavy atom. The first-order chi connectivity index (χ1) is 19.5. The first-order valence-electron chi connectivity index (χ1n) is 12.2. The van der Waals surface area contributed by atoms with Gasteiger partial charge in [0.2, 0.25) is 5.91 Å². The van der Waals surface area contributed by atoms with Gasteiger partial charge in [0.05, 0.1) is 32.2 Å². The maximum atomic E-state index is 15.1. The number of hydrogen-bond acceptors (Lipinski definition) is 4. The number of carbonyl (C=O) groups excluding carboxylic acids is 3. The Hall–Kier alpha value is -2.82. The minimum Gasteiger partial charge on any atom is -0.444 e. The second-order valence-electron chi connectivity index (χ2n) is 10.4. The monoisotopic (exact) mass is 677 g/mol. The molecule has 0 bridgehead atoms. The minimum absolute atomic E-state index is 0.0708. The molecule has 7 nitrogen and oxygen atoms in total. The summed E-state index contributed by atoms with van der Waals surface area (Å²) in [4.78, 5) is 38.1. The molecule has 1 unspecified atom stereocenters. The van der Waals surface area contributed by atoms with Crippen LogP contribution in [-0.2, 0) is 9.53 Å². The van der Waals surface area contributed by atoms with Crippen LogP contribution in [-0.4, -0.2) is 27.8 Å². The summed E-state index contributed by atoms with van der Waals surface area (Å²) in [5.41, 5.74) is -1.60. The van der Waals surface area contributed by atoms with Crippen LogP contribution in [0.4, 0.5) is 30.6 Å². The van der Waals surface area contributed by atoms with Gasteiger partial charge in [-0.25, -0.2) is 13.6 Å². The van der Waals surface area contributed by atoms with Crippen LogP contribution in [0.5, 0.6) is 0 Å². The van der Waals surface area contributed by atoms with Crippen LogP contribution in [0.25, 0.3) is 0 Å². The largest absolute Gasteiger partial charge is 0.444 e. The van der Waals surface area contributed by atoms with Crippen LogP contribution in [0.1, 0.15) is 42.6 Å². The fraction of sp³-hybridized carbons (Fsp3) is 0.250. The number of alkyl halides is 2. The van der Waals surface area contributed by atoms with E-state index in [-0.39, 0.29) is 21.3 Å². The molecule has 0 radical (unpaired) electrons. The molecule has 0 heterocycles. The molecule has 222 valence electrons. The van der Waals surface area contributed by atoms with Gasteiger partial charge in [0.25, 0.3) is 5.91 Å². The van der Waals surface area contributed by atoms with E-state index in [4.69, 9.17) is 62.7 Å². The Morgan fingerprint density at radius 3 is 2.17 bits per heavy atom. The lowest BCUT2D eigenvalue weighted by atomic mass is 10.1. The van der Waals surface area contributed by atoms with Crippen LogP contribution in [0.2, 0.25) is 15.1 Å². The average molecular weight is 680 g/mol. The van der Waals surface area contributed by atoms with Crippen molar-refractivity contribution in [1.82, 2.24) is 0 Å². The average Bonchev–Trinajstić information content (AvgIpc) is 3.47. The third kappa shape index (κ3) is 7.03. The van der Waals surface area contributed by atoms with Gasteiger partial charge in [-0.2, -0.15) is 0 Å². The molecule has 0 aliphatic heterocycles. The minimum atomic E-state index is -1.43. The Balaban J connectivity index is 1.51. The smallest absolute Gasteiger partial charge is 0.412 e. The highest BCUT2D eigenvalue weighted by Crippen LogP contribution is 2.65. The van der Waals surface area contributed by atoms with E-state index in [2.05, 4.69) is 16.0 Å². The zero-order valence-electron chi connectivity index (χ0n) is 22.1. The number of amides is 3. The Labute approximate surface area is 264 Å². The Bertz CT molecular complexity index is 1600. The van der Waals surface area contributed by atoms with Crippen molar-refractivity contribution < 1.29 is 27.9 Å². The summed E-state index contributed by atoms with van der Waals surface area (Å²) < 4.78 is 33.3. The fourth-order valence-corrected chi connectivity index (χ4v) is 5.47. The summed E-state index contributed by atoms with van der Waals surface area (Å²) in [5.74, 6) is -5.36. The number of hydrogen-bond donors (Lipinski definition) is 3. The molecule has 42 heavy (non-hydrogen) atoms. The second kappa shape index (κ2) is 12.1. The van der Waals surface area contributed by atoms with E-state index in [1.807, 2.05) is 0 Å². The molecule has 0 saturated heterocycles. The quantitative estimate of drug-likeness (QED) is 0.227. The van der Waals surface area contributed by atoms with Crippen LogP contribution in [0, 0.1) is 17.6 Å². The number of anilines is 3. The van der Waals surface area contributed by atoms with Crippen molar-refractivity contribution >= 4 is 93.0 Å². The molecule has 3 aromatic carbocycles. The molecule has 1 fully saturated rings. The predicted molar refractivity (Wildman–Crippen MR) is 161 cm³/mol. The van der Waals surface area contributed by atoms with Gasteiger partial charge in [0.15, 0.2) is 5.82 Å². The van der Waals surface area contributed by atoms with Gasteiger partial charge in [0.1, 0.15) is 21.4 Å². The molecule has 2 atom stereocenters. The summed E-state index contributed by atoms with van der Waals surface area (Å²) in [6, 6.07) is 10.6. The molecule has 1 aliphatic carbocycles. The van der Waals surface area contributed by atoms with Gasteiger partial charge < -0.3 is 15.4 Å². The Morgan fingerprint density at radius 2 is 1.52 bits per heavy atom. The summed E-state index contributed by atoms with van der Waals surface area (Å²) >= 11 is 31.0. The predicted octanol–water partition coefficient (Wildman–Crippen LogP) is 9.05. The molecular weight excluding hydrogens is 658 g/mol. The number of carbonyl (C=O) groups is 3. The van der Waals surface area contributed by atoms with Crippen molar-refractivity contribution in [2.75, 3.05) is 16.0 Å². The standard InChI is InChI=1S/C28H22Cl5F2N3O4/c1-27(2,3)42-26(41)37-19-9-8-18(34)23(22(19)35)38-24(39)14-11-13(5-7-15(14)29)36-25(40)21-20(28(21,32)33)12-4-6-16(30)17(31)10-12/h4-11,20-21H,1-3H3,(H,36,40)(H,37,41)(H,38,39)/t20-,21?/m0/s1. The lowest BCUT2D eigenvalue weighted by Crippen LogP contribution is -2.27.